The van der Waals surface area contributed by atoms with E-state index < -0.39 is 0 Å². The summed E-state index contributed by atoms with van der Waals surface area (Å²) in [6.07, 6.45) is 8.05. The average molecular weight is 262 g/mol. The zero-order valence-corrected chi connectivity index (χ0v) is 12.2. The van der Waals surface area contributed by atoms with Gasteiger partial charge in [0.05, 0.1) is 5.69 Å². The van der Waals surface area contributed by atoms with Crippen molar-refractivity contribution >= 4 is 5.95 Å². The topological polar surface area (TPSA) is 33.1 Å². The third-order valence-electron chi connectivity index (χ3n) is 3.58. The number of nitrogens with one attached hydrogen (secondary N) is 1. The molecule has 0 aromatic carbocycles. The molecule has 1 aromatic rings. The lowest BCUT2D eigenvalue weighted by Crippen LogP contribution is -2.38. The zero-order chi connectivity index (χ0) is 13.7. The maximum absolute atomic E-state index is 4.55. The van der Waals surface area contributed by atoms with E-state index in [1.165, 1.54) is 32.4 Å². The van der Waals surface area contributed by atoms with Gasteiger partial charge in [-0.2, -0.15) is 0 Å². The van der Waals surface area contributed by atoms with Gasteiger partial charge in [-0.3, -0.25) is 0 Å². The summed E-state index contributed by atoms with van der Waals surface area (Å²) >= 11 is 0. The number of rotatable bonds is 6. The van der Waals surface area contributed by atoms with Crippen molar-refractivity contribution < 1.29 is 0 Å². The van der Waals surface area contributed by atoms with Crippen molar-refractivity contribution in [3.63, 3.8) is 0 Å². The number of nitrogens with zero attached hydrogens (tertiary/aromatic N) is 3. The van der Waals surface area contributed by atoms with E-state index in [2.05, 4.69) is 39.5 Å². The molecule has 1 fully saturated rings. The van der Waals surface area contributed by atoms with Crippen LogP contribution in [0.3, 0.4) is 0 Å². The van der Waals surface area contributed by atoms with Crippen molar-refractivity contribution in [1.82, 2.24) is 14.5 Å². The van der Waals surface area contributed by atoms with Crippen molar-refractivity contribution in [3.05, 3.63) is 24.5 Å². The molecule has 0 spiro atoms. The van der Waals surface area contributed by atoms with Gasteiger partial charge >= 0.3 is 0 Å². The van der Waals surface area contributed by atoms with Gasteiger partial charge in [0.2, 0.25) is 5.95 Å². The van der Waals surface area contributed by atoms with Gasteiger partial charge in [0, 0.05) is 25.3 Å². The second-order valence-electron chi connectivity index (χ2n) is 5.55. The molecule has 19 heavy (non-hydrogen) atoms. The number of imidazole rings is 1. The Bertz CT molecular complexity index is 404. The number of piperidine rings is 1. The van der Waals surface area contributed by atoms with Gasteiger partial charge in [0.1, 0.15) is 0 Å². The van der Waals surface area contributed by atoms with Gasteiger partial charge in [0.15, 0.2) is 0 Å². The van der Waals surface area contributed by atoms with Crippen LogP contribution in [0.5, 0.6) is 0 Å². The lowest BCUT2D eigenvalue weighted by Gasteiger charge is -2.29. The quantitative estimate of drug-likeness (QED) is 0.800. The van der Waals surface area contributed by atoms with Crippen LogP contribution in [0.2, 0.25) is 0 Å². The van der Waals surface area contributed by atoms with E-state index in [0.29, 0.717) is 6.04 Å². The number of likely N-dealkylation sites (tertiary alicyclic amines) is 1. The van der Waals surface area contributed by atoms with E-state index >= 15 is 0 Å². The van der Waals surface area contributed by atoms with E-state index in [9.17, 15) is 0 Å². The van der Waals surface area contributed by atoms with Crippen LogP contribution in [0, 0.1) is 6.92 Å². The van der Waals surface area contributed by atoms with Crippen LogP contribution < -0.4 is 5.32 Å². The number of allylic oxidation sites excluding steroid dienone is 1. The van der Waals surface area contributed by atoms with Crippen molar-refractivity contribution in [2.45, 2.75) is 45.7 Å². The normalized spacial score (nSPS) is 18.2. The number of hydrogen-bond acceptors (Lipinski definition) is 3. The molecule has 0 saturated carbocycles. The number of hydrogen-bond donors (Lipinski definition) is 1. The molecule has 0 amide bonds. The Labute approximate surface area is 116 Å². The van der Waals surface area contributed by atoms with Crippen molar-refractivity contribution in [3.8, 4) is 0 Å². The SMILES string of the molecule is C=CCn1cc(C)nc1NC(C)CN1CCCCC1. The Balaban J connectivity index is 1.90. The fourth-order valence-corrected chi connectivity index (χ4v) is 2.74. The van der Waals surface area contributed by atoms with Gasteiger partial charge in [-0.15, -0.1) is 6.58 Å². The molecule has 2 heterocycles. The van der Waals surface area contributed by atoms with Crippen molar-refractivity contribution in [2.24, 2.45) is 0 Å². The fraction of sp³-hybridized carbons (Fsp3) is 0.667. The predicted molar refractivity (Wildman–Crippen MR) is 80.5 cm³/mol. The van der Waals surface area contributed by atoms with Crippen molar-refractivity contribution in [1.29, 1.82) is 0 Å². The third-order valence-corrected chi connectivity index (χ3v) is 3.58. The second kappa shape index (κ2) is 6.75. The van der Waals surface area contributed by atoms with Crippen molar-refractivity contribution in [2.75, 3.05) is 25.0 Å². The Morgan fingerprint density at radius 3 is 2.84 bits per heavy atom. The van der Waals surface area contributed by atoms with Gasteiger partial charge in [0.25, 0.3) is 0 Å². The van der Waals surface area contributed by atoms with E-state index in [1.54, 1.807) is 0 Å². The minimum Gasteiger partial charge on any atom is -0.352 e. The molecule has 0 bridgehead atoms. The first kappa shape index (κ1) is 14.1. The molecule has 0 radical (unpaired) electrons. The van der Waals surface area contributed by atoms with E-state index in [1.807, 2.05) is 13.0 Å². The highest BCUT2D eigenvalue weighted by atomic mass is 15.2. The van der Waals surface area contributed by atoms with Crippen LogP contribution in [0.25, 0.3) is 0 Å². The van der Waals surface area contributed by atoms with Crippen LogP contribution in [-0.2, 0) is 6.54 Å². The van der Waals surface area contributed by atoms with Crippen LogP contribution in [-0.4, -0.2) is 40.1 Å². The lowest BCUT2D eigenvalue weighted by atomic mass is 10.1. The Morgan fingerprint density at radius 2 is 2.16 bits per heavy atom. The Kier molecular flexibility index (Phi) is 5.02. The Morgan fingerprint density at radius 1 is 1.42 bits per heavy atom. The molecule has 1 saturated heterocycles. The molecule has 4 nitrogen and oxygen atoms in total. The molecule has 0 aliphatic carbocycles. The minimum absolute atomic E-state index is 0.420. The van der Waals surface area contributed by atoms with Crippen LogP contribution in [0.1, 0.15) is 31.9 Å². The summed E-state index contributed by atoms with van der Waals surface area (Å²) in [6.45, 7) is 12.4. The van der Waals surface area contributed by atoms with E-state index in [-0.39, 0.29) is 0 Å². The number of aromatic nitrogens is 2. The standard InChI is InChI=1S/C15H26N4/c1-4-8-19-12-14(3)17-15(19)16-13(2)11-18-9-6-5-7-10-18/h4,12-13H,1,5-11H2,2-3H3,(H,16,17). The molecule has 1 aliphatic rings. The summed E-state index contributed by atoms with van der Waals surface area (Å²) in [5.41, 5.74) is 1.05. The summed E-state index contributed by atoms with van der Waals surface area (Å²) < 4.78 is 2.12. The Hall–Kier alpha value is -1.29. The largest absolute Gasteiger partial charge is 0.352 e. The summed E-state index contributed by atoms with van der Waals surface area (Å²) in [5, 5.41) is 3.53. The zero-order valence-electron chi connectivity index (χ0n) is 12.2. The molecule has 1 atom stereocenters. The highest BCUT2D eigenvalue weighted by Crippen LogP contribution is 2.13. The highest BCUT2D eigenvalue weighted by molar-refractivity contribution is 5.30. The maximum Gasteiger partial charge on any atom is 0.203 e. The lowest BCUT2D eigenvalue weighted by molar-refractivity contribution is 0.223. The minimum atomic E-state index is 0.420. The molecule has 1 N–H and O–H groups in total. The number of aryl methyl sites for hydroxylation is 1. The summed E-state index contributed by atoms with van der Waals surface area (Å²) in [4.78, 5) is 7.10. The predicted octanol–water partition coefficient (Wildman–Crippen LogP) is 2.66. The highest BCUT2D eigenvalue weighted by Gasteiger charge is 2.14. The molecule has 1 aromatic heterocycles. The summed E-state index contributed by atoms with van der Waals surface area (Å²) in [5.74, 6) is 0.960. The van der Waals surface area contributed by atoms with Crippen LogP contribution in [0.4, 0.5) is 5.95 Å². The van der Waals surface area contributed by atoms with E-state index in [4.69, 9.17) is 0 Å². The summed E-state index contributed by atoms with van der Waals surface area (Å²) in [6, 6.07) is 0.420. The molecular weight excluding hydrogens is 236 g/mol. The second-order valence-corrected chi connectivity index (χ2v) is 5.55. The average Bonchev–Trinajstić information content (AvgIpc) is 2.71. The molecule has 2 rings (SSSR count). The number of anilines is 1. The van der Waals surface area contributed by atoms with Crippen LogP contribution in [0.15, 0.2) is 18.9 Å². The maximum atomic E-state index is 4.55. The molecule has 106 valence electrons. The first-order chi connectivity index (χ1) is 9.19. The van der Waals surface area contributed by atoms with Gasteiger partial charge in [-0.05, 0) is 39.8 Å². The van der Waals surface area contributed by atoms with E-state index in [0.717, 1.165) is 24.7 Å². The first-order valence-electron chi connectivity index (χ1n) is 7.32. The van der Waals surface area contributed by atoms with Gasteiger partial charge in [-0.25, -0.2) is 4.98 Å². The smallest absolute Gasteiger partial charge is 0.203 e. The third kappa shape index (κ3) is 4.10. The molecule has 4 heteroatoms. The molecule has 1 aliphatic heterocycles. The first-order valence-corrected chi connectivity index (χ1v) is 7.32. The van der Waals surface area contributed by atoms with Crippen LogP contribution >= 0.6 is 0 Å². The van der Waals surface area contributed by atoms with Gasteiger partial charge < -0.3 is 14.8 Å². The van der Waals surface area contributed by atoms with Gasteiger partial charge in [-0.1, -0.05) is 12.5 Å². The fourth-order valence-electron chi connectivity index (χ4n) is 2.74. The molecular formula is C15H26N4. The summed E-state index contributed by atoms with van der Waals surface area (Å²) in [7, 11) is 0. The monoisotopic (exact) mass is 262 g/mol. The molecule has 1 unspecified atom stereocenters.